The van der Waals surface area contributed by atoms with Crippen LogP contribution in [0.3, 0.4) is 0 Å². The van der Waals surface area contributed by atoms with Crippen LogP contribution in [0.15, 0.2) is 48.5 Å². The second-order valence-electron chi connectivity index (χ2n) is 6.91. The molecule has 0 aliphatic rings. The van der Waals surface area contributed by atoms with Crippen LogP contribution in [0.1, 0.15) is 25.0 Å². The molecule has 0 spiro atoms. The first-order valence-corrected chi connectivity index (χ1v) is 8.81. The van der Waals surface area contributed by atoms with Gasteiger partial charge in [0.2, 0.25) is 0 Å². The van der Waals surface area contributed by atoms with Crippen molar-refractivity contribution in [3.63, 3.8) is 0 Å². The van der Waals surface area contributed by atoms with Gasteiger partial charge in [-0.3, -0.25) is 0 Å². The molecule has 27 heavy (non-hydrogen) atoms. The summed E-state index contributed by atoms with van der Waals surface area (Å²) in [4.78, 5) is 0. The van der Waals surface area contributed by atoms with Gasteiger partial charge in [-0.25, -0.2) is 8.78 Å². The molecule has 2 aromatic carbocycles. The van der Waals surface area contributed by atoms with E-state index >= 15 is 0 Å². The van der Waals surface area contributed by atoms with Gasteiger partial charge in [-0.05, 0) is 35.4 Å². The number of benzene rings is 2. The van der Waals surface area contributed by atoms with Crippen molar-refractivity contribution < 1.29 is 28.5 Å². The summed E-state index contributed by atoms with van der Waals surface area (Å²) in [5, 5.41) is 18.4. The minimum Gasteiger partial charge on any atom is -0.491 e. The third-order valence-electron chi connectivity index (χ3n) is 4.39. The Kier molecular flexibility index (Phi) is 7.56. The van der Waals surface area contributed by atoms with E-state index < -0.39 is 25.6 Å². The molecule has 2 N–H and O–H groups in total. The normalized spacial score (nSPS) is 13.9. The molecule has 0 aliphatic carbocycles. The first kappa shape index (κ1) is 21.1. The van der Waals surface area contributed by atoms with Gasteiger partial charge in [0.25, 0.3) is 0 Å². The fourth-order valence-electron chi connectivity index (χ4n) is 2.58. The van der Waals surface area contributed by atoms with E-state index in [2.05, 4.69) is 13.8 Å². The van der Waals surface area contributed by atoms with Crippen molar-refractivity contribution in [2.24, 2.45) is 0 Å². The molecule has 0 saturated carbocycles. The molecule has 4 nitrogen and oxygen atoms in total. The SMILES string of the molecule is CC(C)(c1ccc(OC[C@@H](O)CF)cc1)c1ccc(OC[C@@H](O)CF)cc1. The molecule has 0 aromatic heterocycles. The molecule has 0 saturated heterocycles. The van der Waals surface area contributed by atoms with Gasteiger partial charge < -0.3 is 19.7 Å². The second kappa shape index (κ2) is 9.67. The number of aliphatic hydroxyl groups excluding tert-OH is 2. The number of aliphatic hydroxyl groups is 2. The Hall–Kier alpha value is -2.18. The first-order chi connectivity index (χ1) is 12.9. The van der Waals surface area contributed by atoms with Crippen LogP contribution in [0.5, 0.6) is 11.5 Å². The third-order valence-corrected chi connectivity index (χ3v) is 4.39. The molecule has 0 amide bonds. The minimum absolute atomic E-state index is 0.0855. The number of alkyl halides is 2. The summed E-state index contributed by atoms with van der Waals surface area (Å²) in [6, 6.07) is 14.9. The Morgan fingerprint density at radius 1 is 0.741 bits per heavy atom. The zero-order valence-corrected chi connectivity index (χ0v) is 15.6. The lowest BCUT2D eigenvalue weighted by atomic mass is 9.78. The molecule has 0 unspecified atom stereocenters. The topological polar surface area (TPSA) is 58.9 Å². The predicted molar refractivity (Wildman–Crippen MR) is 100.0 cm³/mol. The Balaban J connectivity index is 2.04. The van der Waals surface area contributed by atoms with Crippen molar-refractivity contribution >= 4 is 0 Å². The van der Waals surface area contributed by atoms with E-state index in [-0.39, 0.29) is 18.6 Å². The highest BCUT2D eigenvalue weighted by molar-refractivity contribution is 5.41. The van der Waals surface area contributed by atoms with Crippen LogP contribution in [0.25, 0.3) is 0 Å². The molecular weight excluding hydrogens is 354 g/mol. The lowest BCUT2D eigenvalue weighted by Crippen LogP contribution is -2.20. The van der Waals surface area contributed by atoms with E-state index in [9.17, 15) is 19.0 Å². The van der Waals surface area contributed by atoms with Crippen LogP contribution in [-0.4, -0.2) is 49.0 Å². The second-order valence-corrected chi connectivity index (χ2v) is 6.91. The van der Waals surface area contributed by atoms with Crippen molar-refractivity contribution in [3.8, 4) is 11.5 Å². The summed E-state index contributed by atoms with van der Waals surface area (Å²) in [7, 11) is 0. The quantitative estimate of drug-likeness (QED) is 0.663. The van der Waals surface area contributed by atoms with Crippen molar-refractivity contribution in [1.82, 2.24) is 0 Å². The van der Waals surface area contributed by atoms with E-state index in [0.717, 1.165) is 11.1 Å². The average molecular weight is 380 g/mol. The van der Waals surface area contributed by atoms with E-state index in [4.69, 9.17) is 9.47 Å². The molecule has 2 rings (SSSR count). The lowest BCUT2D eigenvalue weighted by Gasteiger charge is -2.26. The lowest BCUT2D eigenvalue weighted by molar-refractivity contribution is 0.0842. The number of halogens is 2. The summed E-state index contributed by atoms with van der Waals surface area (Å²) in [5.74, 6) is 1.13. The van der Waals surface area contributed by atoms with E-state index in [1.165, 1.54) is 0 Å². The van der Waals surface area contributed by atoms with E-state index in [1.54, 1.807) is 24.3 Å². The summed E-state index contributed by atoms with van der Waals surface area (Å²) >= 11 is 0. The van der Waals surface area contributed by atoms with Gasteiger partial charge in [0.05, 0.1) is 0 Å². The summed E-state index contributed by atoms with van der Waals surface area (Å²) in [5.41, 5.74) is 1.83. The molecule has 0 fully saturated rings. The molecule has 0 radical (unpaired) electrons. The largest absolute Gasteiger partial charge is 0.491 e. The van der Waals surface area contributed by atoms with Crippen LogP contribution < -0.4 is 9.47 Å². The van der Waals surface area contributed by atoms with Crippen LogP contribution in [0.2, 0.25) is 0 Å². The van der Waals surface area contributed by atoms with Gasteiger partial charge in [-0.2, -0.15) is 0 Å². The molecule has 0 bridgehead atoms. The maximum Gasteiger partial charge on any atom is 0.119 e. The zero-order valence-electron chi connectivity index (χ0n) is 15.6. The Morgan fingerprint density at radius 3 is 1.37 bits per heavy atom. The highest BCUT2D eigenvalue weighted by atomic mass is 19.1. The van der Waals surface area contributed by atoms with Gasteiger partial charge >= 0.3 is 0 Å². The molecular formula is C21H26F2O4. The highest BCUT2D eigenvalue weighted by Crippen LogP contribution is 2.33. The monoisotopic (exact) mass is 380 g/mol. The Labute approximate surface area is 158 Å². The van der Waals surface area contributed by atoms with Gasteiger partial charge in [0, 0.05) is 5.41 Å². The highest BCUT2D eigenvalue weighted by Gasteiger charge is 2.23. The smallest absolute Gasteiger partial charge is 0.119 e. The number of hydrogen-bond donors (Lipinski definition) is 2. The van der Waals surface area contributed by atoms with Crippen molar-refractivity contribution in [2.75, 3.05) is 26.6 Å². The molecule has 0 aliphatic heterocycles. The molecule has 6 heteroatoms. The number of rotatable bonds is 10. The molecule has 0 heterocycles. The maximum absolute atomic E-state index is 12.3. The van der Waals surface area contributed by atoms with Crippen LogP contribution in [0.4, 0.5) is 8.78 Å². The van der Waals surface area contributed by atoms with E-state index in [1.807, 2.05) is 24.3 Å². The van der Waals surface area contributed by atoms with Gasteiger partial charge in [0.1, 0.15) is 50.3 Å². The summed E-state index contributed by atoms with van der Waals surface area (Å²) in [6.45, 7) is 2.32. The number of hydrogen-bond acceptors (Lipinski definition) is 4. The Bertz CT molecular complexity index is 627. The molecule has 148 valence electrons. The average Bonchev–Trinajstić information content (AvgIpc) is 2.70. The van der Waals surface area contributed by atoms with Crippen molar-refractivity contribution in [1.29, 1.82) is 0 Å². The van der Waals surface area contributed by atoms with Crippen LogP contribution >= 0.6 is 0 Å². The molecule has 2 aromatic rings. The van der Waals surface area contributed by atoms with Gasteiger partial charge in [0.15, 0.2) is 0 Å². The zero-order chi connectivity index (χ0) is 19.9. The fourth-order valence-corrected chi connectivity index (χ4v) is 2.58. The van der Waals surface area contributed by atoms with Crippen LogP contribution in [0, 0.1) is 0 Å². The maximum atomic E-state index is 12.3. The third kappa shape index (κ3) is 5.91. The first-order valence-electron chi connectivity index (χ1n) is 8.81. The predicted octanol–water partition coefficient (Wildman–Crippen LogP) is 3.43. The fraction of sp³-hybridized carbons (Fsp3) is 0.429. The van der Waals surface area contributed by atoms with Crippen molar-refractivity contribution in [3.05, 3.63) is 59.7 Å². The Morgan fingerprint density at radius 2 is 1.07 bits per heavy atom. The van der Waals surface area contributed by atoms with E-state index in [0.29, 0.717) is 11.5 Å². The number of ether oxygens (including phenoxy) is 2. The minimum atomic E-state index is -1.12. The van der Waals surface area contributed by atoms with Crippen LogP contribution in [-0.2, 0) is 5.41 Å². The summed E-state index contributed by atoms with van der Waals surface area (Å²) in [6.07, 6.45) is -2.24. The standard InChI is InChI=1S/C21H26F2O4/c1-21(2,15-3-7-19(8-4-15)26-13-17(24)11-22)16-5-9-20(10-6-16)27-14-18(25)12-23/h3-10,17-18,24-25H,11-14H2,1-2H3/t17-,18-/m0/s1. The van der Waals surface area contributed by atoms with Crippen molar-refractivity contribution in [2.45, 2.75) is 31.5 Å². The molecule has 2 atom stereocenters. The van der Waals surface area contributed by atoms with Gasteiger partial charge in [-0.15, -0.1) is 0 Å². The van der Waals surface area contributed by atoms with Gasteiger partial charge in [-0.1, -0.05) is 38.1 Å². The summed E-state index contributed by atoms with van der Waals surface area (Å²) < 4.78 is 35.2.